The first-order valence-corrected chi connectivity index (χ1v) is 8.16. The molecule has 0 spiro atoms. The molecule has 0 atom stereocenters. The van der Waals surface area contributed by atoms with Crippen LogP contribution in [0.25, 0.3) is 6.08 Å². The smallest absolute Gasteiger partial charge is 0.216 e. The minimum Gasteiger partial charge on any atom is -0.218 e. The molecule has 0 saturated carbocycles. The van der Waals surface area contributed by atoms with Crippen LogP contribution in [0.15, 0.2) is 52.3 Å². The van der Waals surface area contributed by atoms with E-state index in [1.54, 1.807) is 6.07 Å². The third-order valence-corrected chi connectivity index (χ3v) is 5.06. The molecule has 2 rings (SSSR count). The lowest BCUT2D eigenvalue weighted by atomic mass is 10.2. The number of benzene rings is 2. The van der Waals surface area contributed by atoms with Crippen molar-refractivity contribution >= 4 is 39.1 Å². The fourth-order valence-electron chi connectivity index (χ4n) is 1.69. The molecule has 0 fully saturated rings. The van der Waals surface area contributed by atoms with E-state index in [0.29, 0.717) is 5.02 Å². The maximum Gasteiger partial charge on any atom is 0.216 e. The molecule has 0 heterocycles. The summed E-state index contributed by atoms with van der Waals surface area (Å²) in [6.45, 7) is 0. The van der Waals surface area contributed by atoms with Crippen molar-refractivity contribution in [2.75, 3.05) is 0 Å². The maximum atomic E-state index is 13.7. The Morgan fingerprint density at radius 2 is 1.77 bits per heavy atom. The summed E-state index contributed by atoms with van der Waals surface area (Å²) in [6.07, 6.45) is 0.918. The maximum absolute atomic E-state index is 13.7. The number of hydrogen-bond donors (Lipinski definition) is 0. The van der Waals surface area contributed by atoms with Gasteiger partial charge in [-0.3, -0.25) is 0 Å². The van der Waals surface area contributed by atoms with Crippen LogP contribution in [0.3, 0.4) is 0 Å². The molecule has 2 aromatic rings. The second kappa shape index (κ2) is 6.49. The van der Waals surface area contributed by atoms with Crippen molar-refractivity contribution in [1.82, 2.24) is 0 Å². The molecule has 3 nitrogen and oxygen atoms in total. The molecular weight excluding hydrogens is 348 g/mol. The SMILES string of the molecule is N#CC(=Cc1c(F)cccc1Cl)S(=O)(=O)c1ccc(Cl)cc1. The van der Waals surface area contributed by atoms with Crippen LogP contribution < -0.4 is 0 Å². The Bertz CT molecular complexity index is 864. The average Bonchev–Trinajstić information content (AvgIpc) is 2.47. The zero-order chi connectivity index (χ0) is 16.3. The quantitative estimate of drug-likeness (QED) is 0.763. The Morgan fingerprint density at radius 1 is 1.14 bits per heavy atom. The summed E-state index contributed by atoms with van der Waals surface area (Å²) in [7, 11) is -4.08. The van der Waals surface area contributed by atoms with Gasteiger partial charge in [-0.25, -0.2) is 12.8 Å². The molecule has 112 valence electrons. The topological polar surface area (TPSA) is 57.9 Å². The monoisotopic (exact) mass is 355 g/mol. The van der Waals surface area contributed by atoms with Crippen LogP contribution in [-0.4, -0.2) is 8.42 Å². The van der Waals surface area contributed by atoms with Gasteiger partial charge in [-0.15, -0.1) is 0 Å². The molecule has 7 heteroatoms. The van der Waals surface area contributed by atoms with Gasteiger partial charge in [0.2, 0.25) is 9.84 Å². The number of rotatable bonds is 3. The Kier molecular flexibility index (Phi) is 4.87. The molecule has 0 aliphatic rings. The van der Waals surface area contributed by atoms with Crippen LogP contribution in [0.2, 0.25) is 10.0 Å². The van der Waals surface area contributed by atoms with Gasteiger partial charge in [0.05, 0.1) is 9.92 Å². The first kappa shape index (κ1) is 16.5. The molecular formula is C15H8Cl2FNO2S. The minimum absolute atomic E-state index is 0.0130. The summed E-state index contributed by atoms with van der Waals surface area (Å²) in [4.78, 5) is -0.723. The lowest BCUT2D eigenvalue weighted by molar-refractivity contribution is 0.603. The van der Waals surface area contributed by atoms with Gasteiger partial charge in [-0.1, -0.05) is 29.3 Å². The van der Waals surface area contributed by atoms with Gasteiger partial charge in [0.15, 0.2) is 0 Å². The van der Waals surface area contributed by atoms with E-state index in [1.807, 2.05) is 0 Å². The molecule has 0 radical (unpaired) electrons. The van der Waals surface area contributed by atoms with Crippen LogP contribution in [0.4, 0.5) is 4.39 Å². The number of sulfone groups is 1. The van der Waals surface area contributed by atoms with Crippen LogP contribution >= 0.6 is 23.2 Å². The zero-order valence-corrected chi connectivity index (χ0v) is 13.3. The highest BCUT2D eigenvalue weighted by molar-refractivity contribution is 7.95. The molecule has 0 amide bonds. The highest BCUT2D eigenvalue weighted by atomic mass is 35.5. The van der Waals surface area contributed by atoms with E-state index in [-0.39, 0.29) is 15.5 Å². The second-order valence-electron chi connectivity index (χ2n) is 4.21. The van der Waals surface area contributed by atoms with Crippen LogP contribution in [0, 0.1) is 17.1 Å². The predicted molar refractivity (Wildman–Crippen MR) is 83.6 cm³/mol. The minimum atomic E-state index is -4.08. The first-order chi connectivity index (χ1) is 10.4. The third-order valence-electron chi connectivity index (χ3n) is 2.80. The van der Waals surface area contributed by atoms with Crippen molar-refractivity contribution in [2.45, 2.75) is 4.90 Å². The van der Waals surface area contributed by atoms with Gasteiger partial charge >= 0.3 is 0 Å². The predicted octanol–water partition coefficient (Wildman–Crippen LogP) is 4.47. The molecule has 0 aliphatic heterocycles. The number of nitrogens with zero attached hydrogens (tertiary/aromatic N) is 1. The van der Waals surface area contributed by atoms with E-state index in [0.717, 1.165) is 12.1 Å². The van der Waals surface area contributed by atoms with Crippen molar-refractivity contribution in [1.29, 1.82) is 5.26 Å². The van der Waals surface area contributed by atoms with Crippen molar-refractivity contribution in [2.24, 2.45) is 0 Å². The zero-order valence-electron chi connectivity index (χ0n) is 10.9. The Morgan fingerprint density at radius 3 is 2.32 bits per heavy atom. The molecule has 0 N–H and O–H groups in total. The molecule has 0 saturated heterocycles. The molecule has 0 aliphatic carbocycles. The summed E-state index contributed by atoms with van der Waals surface area (Å²) in [6, 6.07) is 10.8. The molecule has 0 unspecified atom stereocenters. The van der Waals surface area contributed by atoms with Crippen LogP contribution in [-0.2, 0) is 9.84 Å². The fraction of sp³-hybridized carbons (Fsp3) is 0. The Balaban J connectivity index is 2.59. The summed E-state index contributed by atoms with van der Waals surface area (Å²) >= 11 is 11.5. The van der Waals surface area contributed by atoms with Crippen molar-refractivity contribution in [3.63, 3.8) is 0 Å². The van der Waals surface area contributed by atoms with Gasteiger partial charge in [-0.2, -0.15) is 5.26 Å². The first-order valence-electron chi connectivity index (χ1n) is 5.92. The van der Waals surface area contributed by atoms with E-state index < -0.39 is 20.6 Å². The van der Waals surface area contributed by atoms with Crippen molar-refractivity contribution in [3.05, 3.63) is 68.8 Å². The van der Waals surface area contributed by atoms with Crippen molar-refractivity contribution in [3.8, 4) is 6.07 Å². The lowest BCUT2D eigenvalue weighted by Gasteiger charge is -2.05. The highest BCUT2D eigenvalue weighted by Gasteiger charge is 2.21. The van der Waals surface area contributed by atoms with E-state index in [4.69, 9.17) is 28.5 Å². The molecule has 2 aromatic carbocycles. The summed E-state index contributed by atoms with van der Waals surface area (Å²) in [5, 5.41) is 9.50. The fourth-order valence-corrected chi connectivity index (χ4v) is 3.18. The van der Waals surface area contributed by atoms with Crippen LogP contribution in [0.5, 0.6) is 0 Å². The summed E-state index contributed by atoms with van der Waals surface area (Å²) < 4.78 is 38.5. The average molecular weight is 356 g/mol. The van der Waals surface area contributed by atoms with E-state index in [9.17, 15) is 12.8 Å². The Hall–Kier alpha value is -1.87. The van der Waals surface area contributed by atoms with Crippen molar-refractivity contribution < 1.29 is 12.8 Å². The normalized spacial score (nSPS) is 12.0. The van der Waals surface area contributed by atoms with E-state index in [2.05, 4.69) is 0 Å². The number of halogens is 3. The second-order valence-corrected chi connectivity index (χ2v) is 6.97. The lowest BCUT2D eigenvalue weighted by Crippen LogP contribution is -2.03. The number of hydrogen-bond acceptors (Lipinski definition) is 3. The van der Waals surface area contributed by atoms with Gasteiger partial charge in [0.1, 0.15) is 16.8 Å². The summed E-state index contributed by atoms with van der Waals surface area (Å²) in [5.41, 5.74) is -0.154. The largest absolute Gasteiger partial charge is 0.218 e. The summed E-state index contributed by atoms with van der Waals surface area (Å²) in [5.74, 6) is -0.716. The highest BCUT2D eigenvalue weighted by Crippen LogP contribution is 2.26. The van der Waals surface area contributed by atoms with E-state index >= 15 is 0 Å². The Labute approximate surface area is 137 Å². The molecule has 22 heavy (non-hydrogen) atoms. The van der Waals surface area contributed by atoms with Gasteiger partial charge in [0.25, 0.3) is 0 Å². The van der Waals surface area contributed by atoms with Gasteiger partial charge in [-0.05, 0) is 42.5 Å². The standard InChI is InChI=1S/C15H8Cl2FNO2S/c16-10-4-6-11(7-5-10)22(20,21)12(9-19)8-13-14(17)2-1-3-15(13)18/h1-8H. The van der Waals surface area contributed by atoms with Crippen LogP contribution in [0.1, 0.15) is 5.56 Å². The van der Waals surface area contributed by atoms with E-state index in [1.165, 1.54) is 36.4 Å². The van der Waals surface area contributed by atoms with Gasteiger partial charge in [0, 0.05) is 10.6 Å². The van der Waals surface area contributed by atoms with Gasteiger partial charge < -0.3 is 0 Å². The molecule has 0 bridgehead atoms. The number of allylic oxidation sites excluding steroid dienone is 1. The molecule has 0 aromatic heterocycles. The third kappa shape index (κ3) is 3.30. The number of nitriles is 1.